The van der Waals surface area contributed by atoms with Crippen LogP contribution in [0.4, 0.5) is 22.2 Å². The fraction of sp³-hybridized carbons (Fsp3) is 0.211. The van der Waals surface area contributed by atoms with E-state index in [9.17, 15) is 9.59 Å². The molecule has 9 heteroatoms. The molecule has 0 aliphatic carbocycles. The number of aromatic nitrogens is 4. The number of hydrogen-bond acceptors (Lipinski definition) is 6. The zero-order chi connectivity index (χ0) is 20.4. The molecule has 1 atom stereocenters. The van der Waals surface area contributed by atoms with Gasteiger partial charge in [0.05, 0.1) is 17.3 Å². The lowest BCUT2D eigenvalue weighted by molar-refractivity contribution is -0.117. The molecule has 0 aliphatic heterocycles. The predicted molar refractivity (Wildman–Crippen MR) is 105 cm³/mol. The molecule has 0 spiro atoms. The van der Waals surface area contributed by atoms with Crippen molar-refractivity contribution in [2.24, 2.45) is 12.8 Å². The van der Waals surface area contributed by atoms with E-state index >= 15 is 0 Å². The lowest BCUT2D eigenvalue weighted by Crippen LogP contribution is -2.33. The van der Waals surface area contributed by atoms with E-state index in [1.807, 2.05) is 6.92 Å². The molecular formula is C19H21N7O2. The standard InChI is InChI=1S/C19H21N7O2/c1-11-7-16(25(3)24-11)26(19(21)28)15-6-4-5-13(8-15)17(12(2)27)14-9-22-18(20)23-10-14/h4-10,17H,1-3H3,(H2,21,28)(H2,20,22,23). The first kappa shape index (κ1) is 19.0. The molecule has 144 valence electrons. The molecule has 1 aromatic carbocycles. The summed E-state index contributed by atoms with van der Waals surface area (Å²) in [5, 5.41) is 4.27. The first-order valence-electron chi connectivity index (χ1n) is 8.56. The molecule has 4 N–H and O–H groups in total. The number of rotatable bonds is 5. The van der Waals surface area contributed by atoms with Crippen LogP contribution in [0.25, 0.3) is 0 Å². The Morgan fingerprint density at radius 3 is 2.36 bits per heavy atom. The number of benzene rings is 1. The number of ketones is 1. The summed E-state index contributed by atoms with van der Waals surface area (Å²) in [6, 6.07) is 8.16. The van der Waals surface area contributed by atoms with Crippen LogP contribution in [0.3, 0.4) is 0 Å². The number of nitrogens with zero attached hydrogens (tertiary/aromatic N) is 5. The van der Waals surface area contributed by atoms with Crippen molar-refractivity contribution in [1.82, 2.24) is 19.7 Å². The summed E-state index contributed by atoms with van der Waals surface area (Å²) in [5.41, 5.74) is 13.8. The van der Waals surface area contributed by atoms with Crippen molar-refractivity contribution in [2.75, 3.05) is 10.6 Å². The second kappa shape index (κ2) is 7.47. The maximum absolute atomic E-state index is 12.4. The number of nitrogens with two attached hydrogens (primary N) is 2. The molecule has 3 aromatic rings. The number of Topliss-reactive ketones (excluding diaryl/α,β-unsaturated/α-hetero) is 1. The Morgan fingerprint density at radius 2 is 1.82 bits per heavy atom. The molecule has 28 heavy (non-hydrogen) atoms. The summed E-state index contributed by atoms with van der Waals surface area (Å²) < 4.78 is 1.57. The highest BCUT2D eigenvalue weighted by Crippen LogP contribution is 2.31. The van der Waals surface area contributed by atoms with Crippen LogP contribution in [-0.2, 0) is 11.8 Å². The van der Waals surface area contributed by atoms with Gasteiger partial charge in [-0.25, -0.2) is 19.7 Å². The van der Waals surface area contributed by atoms with Crippen molar-refractivity contribution in [3.8, 4) is 0 Å². The lowest BCUT2D eigenvalue weighted by Gasteiger charge is -2.22. The Hall–Kier alpha value is -3.75. The van der Waals surface area contributed by atoms with E-state index in [-0.39, 0.29) is 11.7 Å². The smallest absolute Gasteiger partial charge is 0.325 e. The minimum Gasteiger partial charge on any atom is -0.368 e. The molecule has 9 nitrogen and oxygen atoms in total. The summed E-state index contributed by atoms with van der Waals surface area (Å²) in [6.07, 6.45) is 3.05. The number of primary amides is 1. The summed E-state index contributed by atoms with van der Waals surface area (Å²) in [6.45, 7) is 3.32. The number of aryl methyl sites for hydroxylation is 2. The predicted octanol–water partition coefficient (Wildman–Crippen LogP) is 2.04. The number of carbonyl (C=O) groups is 2. The maximum atomic E-state index is 12.4. The van der Waals surface area contributed by atoms with Gasteiger partial charge in [0.2, 0.25) is 5.95 Å². The van der Waals surface area contributed by atoms with Gasteiger partial charge in [0.25, 0.3) is 0 Å². The van der Waals surface area contributed by atoms with E-state index in [2.05, 4.69) is 15.1 Å². The van der Waals surface area contributed by atoms with Crippen molar-refractivity contribution in [2.45, 2.75) is 19.8 Å². The van der Waals surface area contributed by atoms with Gasteiger partial charge >= 0.3 is 6.03 Å². The van der Waals surface area contributed by atoms with Gasteiger partial charge in [0.1, 0.15) is 11.6 Å². The van der Waals surface area contributed by atoms with Gasteiger partial charge in [-0.15, -0.1) is 0 Å². The average molecular weight is 379 g/mol. The van der Waals surface area contributed by atoms with E-state index < -0.39 is 11.9 Å². The van der Waals surface area contributed by atoms with Gasteiger partial charge < -0.3 is 11.5 Å². The van der Waals surface area contributed by atoms with E-state index in [1.165, 1.54) is 24.2 Å². The molecule has 0 aliphatic rings. The van der Waals surface area contributed by atoms with Gasteiger partial charge in [-0.1, -0.05) is 12.1 Å². The molecule has 0 saturated carbocycles. The normalized spacial score (nSPS) is 11.8. The summed E-state index contributed by atoms with van der Waals surface area (Å²) in [4.78, 5) is 33.9. The van der Waals surface area contributed by atoms with Gasteiger partial charge in [-0.2, -0.15) is 5.10 Å². The average Bonchev–Trinajstić information content (AvgIpc) is 2.95. The van der Waals surface area contributed by atoms with Crippen LogP contribution in [0, 0.1) is 6.92 Å². The third-order valence-corrected chi connectivity index (χ3v) is 4.32. The maximum Gasteiger partial charge on any atom is 0.325 e. The molecule has 2 heterocycles. The fourth-order valence-corrected chi connectivity index (χ4v) is 3.18. The Balaban J connectivity index is 2.08. The van der Waals surface area contributed by atoms with E-state index in [0.29, 0.717) is 22.6 Å². The molecule has 2 amide bonds. The minimum absolute atomic E-state index is 0.0903. The molecule has 1 unspecified atom stereocenters. The Bertz CT molecular complexity index is 1030. The van der Waals surface area contributed by atoms with E-state index in [4.69, 9.17) is 11.5 Å². The fourth-order valence-electron chi connectivity index (χ4n) is 3.18. The van der Waals surface area contributed by atoms with E-state index in [1.54, 1.807) is 42.1 Å². The molecule has 2 aromatic heterocycles. The Morgan fingerprint density at radius 1 is 1.14 bits per heavy atom. The van der Waals surface area contributed by atoms with Gasteiger partial charge in [0.15, 0.2) is 0 Å². The van der Waals surface area contributed by atoms with Crippen molar-refractivity contribution >= 4 is 29.3 Å². The first-order valence-corrected chi connectivity index (χ1v) is 8.56. The topological polar surface area (TPSA) is 133 Å². The van der Waals surface area contributed by atoms with Crippen LogP contribution in [0.2, 0.25) is 0 Å². The second-order valence-corrected chi connectivity index (χ2v) is 6.45. The van der Waals surface area contributed by atoms with Crippen LogP contribution in [0.5, 0.6) is 0 Å². The quantitative estimate of drug-likeness (QED) is 0.697. The molecule has 0 bridgehead atoms. The number of anilines is 3. The largest absolute Gasteiger partial charge is 0.368 e. The Labute approximate surface area is 162 Å². The zero-order valence-corrected chi connectivity index (χ0v) is 15.8. The van der Waals surface area contributed by atoms with Crippen LogP contribution < -0.4 is 16.4 Å². The number of urea groups is 1. The van der Waals surface area contributed by atoms with E-state index in [0.717, 1.165) is 5.69 Å². The third-order valence-electron chi connectivity index (χ3n) is 4.32. The van der Waals surface area contributed by atoms with Crippen LogP contribution in [0.15, 0.2) is 42.7 Å². The van der Waals surface area contributed by atoms with Crippen LogP contribution in [-0.4, -0.2) is 31.6 Å². The van der Waals surface area contributed by atoms with Gasteiger partial charge in [-0.05, 0) is 31.5 Å². The minimum atomic E-state index is -0.657. The van der Waals surface area contributed by atoms with Crippen LogP contribution in [0.1, 0.15) is 29.7 Å². The van der Waals surface area contributed by atoms with Crippen molar-refractivity contribution in [1.29, 1.82) is 0 Å². The lowest BCUT2D eigenvalue weighted by atomic mass is 9.89. The summed E-state index contributed by atoms with van der Waals surface area (Å²) in [7, 11) is 1.73. The van der Waals surface area contributed by atoms with Crippen molar-refractivity contribution in [3.05, 3.63) is 59.5 Å². The van der Waals surface area contributed by atoms with Crippen molar-refractivity contribution in [3.63, 3.8) is 0 Å². The SMILES string of the molecule is CC(=O)C(c1cnc(N)nc1)c1cccc(N(C(N)=O)c2cc(C)nn2C)c1. The number of amides is 2. The van der Waals surface area contributed by atoms with Gasteiger partial charge in [-0.3, -0.25) is 9.48 Å². The van der Waals surface area contributed by atoms with Gasteiger partial charge in [0, 0.05) is 31.1 Å². The Kier molecular flexibility index (Phi) is 5.08. The molecule has 0 saturated heterocycles. The summed E-state index contributed by atoms with van der Waals surface area (Å²) in [5.74, 6) is -0.0281. The highest BCUT2D eigenvalue weighted by atomic mass is 16.2. The molecular weight excluding hydrogens is 358 g/mol. The zero-order valence-electron chi connectivity index (χ0n) is 15.8. The molecule has 3 rings (SSSR count). The van der Waals surface area contributed by atoms with Crippen LogP contribution >= 0.6 is 0 Å². The second-order valence-electron chi connectivity index (χ2n) is 6.45. The van der Waals surface area contributed by atoms with Crippen molar-refractivity contribution < 1.29 is 9.59 Å². The third kappa shape index (κ3) is 3.68. The highest BCUT2D eigenvalue weighted by Gasteiger charge is 2.24. The first-order chi connectivity index (χ1) is 13.3. The number of hydrogen-bond donors (Lipinski definition) is 2. The highest BCUT2D eigenvalue weighted by molar-refractivity contribution is 5.98. The molecule has 0 fully saturated rings. The summed E-state index contributed by atoms with van der Waals surface area (Å²) >= 11 is 0. The number of carbonyl (C=O) groups excluding carboxylic acids is 2. The number of nitrogen functional groups attached to an aromatic ring is 1. The monoisotopic (exact) mass is 379 g/mol. The molecule has 0 radical (unpaired) electrons.